The number of para-hydroxylation sites is 1. The molecule has 0 fully saturated rings. The predicted molar refractivity (Wildman–Crippen MR) is 107 cm³/mol. The first-order valence-electron chi connectivity index (χ1n) is 9.08. The molecule has 0 atom stereocenters. The molecule has 2 heterocycles. The topological polar surface area (TPSA) is 70.6 Å². The van der Waals surface area contributed by atoms with Crippen molar-refractivity contribution in [3.05, 3.63) is 64.7 Å². The molecule has 0 N–H and O–H groups in total. The van der Waals surface area contributed by atoms with Gasteiger partial charge in [-0.05, 0) is 30.7 Å². The van der Waals surface area contributed by atoms with Crippen molar-refractivity contribution in [3.8, 4) is 0 Å². The lowest BCUT2D eigenvalue weighted by atomic mass is 10.1. The van der Waals surface area contributed by atoms with Gasteiger partial charge in [0.15, 0.2) is 0 Å². The molecule has 4 rings (SSSR count). The molecule has 28 heavy (non-hydrogen) atoms. The van der Waals surface area contributed by atoms with E-state index in [4.69, 9.17) is 0 Å². The van der Waals surface area contributed by atoms with Crippen LogP contribution in [-0.4, -0.2) is 46.1 Å². The van der Waals surface area contributed by atoms with Gasteiger partial charge in [-0.15, -0.1) is 11.3 Å². The lowest BCUT2D eigenvalue weighted by Gasteiger charge is -2.17. The monoisotopic (exact) mass is 393 g/mol. The molecule has 0 bridgehead atoms. The minimum atomic E-state index is -0.282. The van der Waals surface area contributed by atoms with E-state index >= 15 is 0 Å². The average molecular weight is 393 g/mol. The Morgan fingerprint density at radius 1 is 1.04 bits per heavy atom. The zero-order valence-corrected chi connectivity index (χ0v) is 16.2. The third kappa shape index (κ3) is 3.41. The number of fused-ring (bicyclic) bond motifs is 2. The summed E-state index contributed by atoms with van der Waals surface area (Å²) in [6, 6.07) is 14.7. The summed E-state index contributed by atoms with van der Waals surface area (Å²) in [7, 11) is 1.75. The third-order valence-corrected chi connectivity index (χ3v) is 5.81. The zero-order valence-electron chi connectivity index (χ0n) is 15.4. The summed E-state index contributed by atoms with van der Waals surface area (Å²) in [6.45, 7) is 0.693. The quantitative estimate of drug-likeness (QED) is 0.603. The summed E-state index contributed by atoms with van der Waals surface area (Å²) in [4.78, 5) is 44.5. The first-order valence-corrected chi connectivity index (χ1v) is 9.90. The molecule has 1 aliphatic rings. The van der Waals surface area contributed by atoms with Crippen LogP contribution in [0.4, 0.5) is 0 Å². The van der Waals surface area contributed by atoms with Crippen LogP contribution < -0.4 is 0 Å². The molecule has 0 saturated heterocycles. The molecule has 3 aromatic rings. The highest BCUT2D eigenvalue weighted by atomic mass is 32.1. The molecule has 142 valence electrons. The summed E-state index contributed by atoms with van der Waals surface area (Å²) in [6.07, 6.45) is 0.712. The molecule has 0 unspecified atom stereocenters. The summed E-state index contributed by atoms with van der Waals surface area (Å²) < 4.78 is 1.10. The van der Waals surface area contributed by atoms with Gasteiger partial charge < -0.3 is 4.90 Å². The minimum absolute atomic E-state index is 0.0316. The molecule has 0 radical (unpaired) electrons. The van der Waals surface area contributed by atoms with Crippen LogP contribution in [0.2, 0.25) is 0 Å². The maximum absolute atomic E-state index is 12.4. The van der Waals surface area contributed by atoms with Crippen molar-refractivity contribution in [2.24, 2.45) is 0 Å². The Kier molecular flexibility index (Phi) is 4.92. The van der Waals surface area contributed by atoms with Crippen molar-refractivity contribution >= 4 is 39.3 Å². The highest BCUT2D eigenvalue weighted by Crippen LogP contribution is 2.24. The Morgan fingerprint density at radius 2 is 1.68 bits per heavy atom. The summed E-state index contributed by atoms with van der Waals surface area (Å²) >= 11 is 1.58. The minimum Gasteiger partial charge on any atom is -0.339 e. The molecule has 7 heteroatoms. The largest absolute Gasteiger partial charge is 0.339 e. The number of imide groups is 1. The van der Waals surface area contributed by atoms with Crippen LogP contribution in [0.5, 0.6) is 0 Å². The normalized spacial score (nSPS) is 13.2. The van der Waals surface area contributed by atoms with Crippen molar-refractivity contribution in [3.63, 3.8) is 0 Å². The van der Waals surface area contributed by atoms with Crippen LogP contribution >= 0.6 is 11.3 Å². The van der Waals surface area contributed by atoms with Crippen molar-refractivity contribution in [1.29, 1.82) is 0 Å². The van der Waals surface area contributed by atoms with E-state index in [1.54, 1.807) is 47.5 Å². The van der Waals surface area contributed by atoms with E-state index in [1.165, 1.54) is 4.90 Å². The first kappa shape index (κ1) is 18.3. The van der Waals surface area contributed by atoms with Crippen molar-refractivity contribution in [2.75, 3.05) is 13.6 Å². The van der Waals surface area contributed by atoms with Gasteiger partial charge in [0.2, 0.25) is 5.91 Å². The Balaban J connectivity index is 1.31. The van der Waals surface area contributed by atoms with E-state index < -0.39 is 0 Å². The molecular weight excluding hydrogens is 374 g/mol. The lowest BCUT2D eigenvalue weighted by Crippen LogP contribution is -2.32. The van der Waals surface area contributed by atoms with Gasteiger partial charge in [-0.2, -0.15) is 0 Å². The molecule has 2 aromatic carbocycles. The smallest absolute Gasteiger partial charge is 0.261 e. The third-order valence-electron chi connectivity index (χ3n) is 4.79. The highest BCUT2D eigenvalue weighted by molar-refractivity contribution is 7.18. The second-order valence-corrected chi connectivity index (χ2v) is 7.85. The van der Waals surface area contributed by atoms with Gasteiger partial charge in [-0.1, -0.05) is 24.3 Å². The SMILES string of the molecule is CN(Cc1nc2ccccc2s1)C(=O)CCCN1C(=O)c2ccccc2C1=O. The van der Waals surface area contributed by atoms with Crippen LogP contribution in [0.3, 0.4) is 0 Å². The molecular formula is C21H19N3O3S. The first-order chi connectivity index (χ1) is 13.5. The van der Waals surface area contributed by atoms with Gasteiger partial charge in [0.1, 0.15) is 5.01 Å². The van der Waals surface area contributed by atoms with Crippen molar-refractivity contribution < 1.29 is 14.4 Å². The maximum atomic E-state index is 12.4. The number of benzene rings is 2. The number of carbonyl (C=O) groups excluding carboxylic acids is 3. The van der Waals surface area contributed by atoms with Gasteiger partial charge in [0, 0.05) is 20.0 Å². The molecule has 0 spiro atoms. The predicted octanol–water partition coefficient (Wildman–Crippen LogP) is 3.33. The van der Waals surface area contributed by atoms with Gasteiger partial charge in [-0.25, -0.2) is 4.98 Å². The second kappa shape index (κ2) is 7.52. The Bertz CT molecular complexity index is 1010. The summed E-state index contributed by atoms with van der Waals surface area (Å²) in [5.41, 5.74) is 1.81. The van der Waals surface area contributed by atoms with Crippen LogP contribution in [0.1, 0.15) is 38.6 Å². The van der Waals surface area contributed by atoms with Crippen LogP contribution in [0.25, 0.3) is 10.2 Å². The van der Waals surface area contributed by atoms with E-state index in [-0.39, 0.29) is 30.7 Å². The van der Waals surface area contributed by atoms with E-state index in [0.29, 0.717) is 24.1 Å². The number of rotatable bonds is 6. The molecule has 1 aliphatic heterocycles. The standard InChI is InChI=1S/C21H19N3O3S/c1-23(13-18-22-16-9-4-5-10-17(16)28-18)19(25)11-6-12-24-20(26)14-7-2-3-8-15(14)21(24)27/h2-5,7-10H,6,11-13H2,1H3. The number of nitrogens with zero attached hydrogens (tertiary/aromatic N) is 3. The number of hydrogen-bond acceptors (Lipinski definition) is 5. The van der Waals surface area contributed by atoms with Crippen LogP contribution in [0.15, 0.2) is 48.5 Å². The molecule has 1 aromatic heterocycles. The summed E-state index contributed by atoms with van der Waals surface area (Å²) in [5.74, 6) is -0.595. The Morgan fingerprint density at radius 3 is 2.36 bits per heavy atom. The molecule has 0 aliphatic carbocycles. The molecule has 0 saturated carbocycles. The zero-order chi connectivity index (χ0) is 19.7. The van der Waals surface area contributed by atoms with Gasteiger partial charge in [0.05, 0.1) is 27.9 Å². The molecule has 3 amide bonds. The highest BCUT2D eigenvalue weighted by Gasteiger charge is 2.34. The Labute approximate surface area is 166 Å². The van der Waals surface area contributed by atoms with E-state index in [0.717, 1.165) is 15.2 Å². The average Bonchev–Trinajstić information content (AvgIpc) is 3.21. The number of amides is 3. The van der Waals surface area contributed by atoms with Crippen LogP contribution in [-0.2, 0) is 11.3 Å². The van der Waals surface area contributed by atoms with Crippen molar-refractivity contribution in [2.45, 2.75) is 19.4 Å². The van der Waals surface area contributed by atoms with Gasteiger partial charge >= 0.3 is 0 Å². The van der Waals surface area contributed by atoms with E-state index in [1.807, 2.05) is 24.3 Å². The Hall–Kier alpha value is -3.06. The number of thiazole rings is 1. The maximum Gasteiger partial charge on any atom is 0.261 e. The number of aromatic nitrogens is 1. The molecule has 6 nitrogen and oxygen atoms in total. The number of hydrogen-bond donors (Lipinski definition) is 0. The van der Waals surface area contributed by atoms with Crippen molar-refractivity contribution in [1.82, 2.24) is 14.8 Å². The fraction of sp³-hybridized carbons (Fsp3) is 0.238. The van der Waals surface area contributed by atoms with Gasteiger partial charge in [-0.3, -0.25) is 19.3 Å². The summed E-state index contributed by atoms with van der Waals surface area (Å²) in [5, 5.41) is 0.886. The van der Waals surface area contributed by atoms with E-state index in [9.17, 15) is 14.4 Å². The second-order valence-electron chi connectivity index (χ2n) is 6.74. The van der Waals surface area contributed by atoms with E-state index in [2.05, 4.69) is 4.98 Å². The van der Waals surface area contributed by atoms with Crippen LogP contribution in [0, 0.1) is 0 Å². The lowest BCUT2D eigenvalue weighted by molar-refractivity contribution is -0.130. The fourth-order valence-electron chi connectivity index (χ4n) is 3.30. The fourth-order valence-corrected chi connectivity index (χ4v) is 4.32. The number of carbonyl (C=O) groups is 3. The van der Waals surface area contributed by atoms with Gasteiger partial charge in [0.25, 0.3) is 11.8 Å².